The molecule has 0 heterocycles. The first-order valence-corrected chi connectivity index (χ1v) is 6.70. The Morgan fingerprint density at radius 2 is 1.74 bits per heavy atom. The van der Waals surface area contributed by atoms with Crippen molar-refractivity contribution in [2.45, 2.75) is 13.8 Å². The third kappa shape index (κ3) is 3.15. The van der Waals surface area contributed by atoms with Gasteiger partial charge in [-0.1, -0.05) is 12.1 Å². The van der Waals surface area contributed by atoms with Crippen molar-refractivity contribution in [3.05, 3.63) is 57.6 Å². The monoisotopic (exact) mass is 318 g/mol. The van der Waals surface area contributed by atoms with E-state index < -0.39 is 0 Å². The molecule has 0 radical (unpaired) electrons. The zero-order chi connectivity index (χ0) is 14.0. The average Bonchev–Trinajstić information content (AvgIpc) is 2.33. The van der Waals surface area contributed by atoms with E-state index in [4.69, 9.17) is 5.73 Å². The Balaban J connectivity index is 2.28. The summed E-state index contributed by atoms with van der Waals surface area (Å²) in [5.41, 5.74) is 9.78. The van der Waals surface area contributed by atoms with Gasteiger partial charge in [-0.05, 0) is 65.2 Å². The highest BCUT2D eigenvalue weighted by molar-refractivity contribution is 9.10. The van der Waals surface area contributed by atoms with Crippen LogP contribution in [0.3, 0.4) is 0 Å². The van der Waals surface area contributed by atoms with Crippen molar-refractivity contribution in [2.75, 3.05) is 11.1 Å². The summed E-state index contributed by atoms with van der Waals surface area (Å²) in [6.07, 6.45) is 0. The van der Waals surface area contributed by atoms with Gasteiger partial charge in [-0.15, -0.1) is 0 Å². The second-order valence-electron chi connectivity index (χ2n) is 4.53. The number of aryl methyl sites for hydroxylation is 2. The van der Waals surface area contributed by atoms with Crippen molar-refractivity contribution >= 4 is 33.2 Å². The molecule has 0 spiro atoms. The van der Waals surface area contributed by atoms with Gasteiger partial charge in [-0.2, -0.15) is 0 Å². The number of halogens is 1. The summed E-state index contributed by atoms with van der Waals surface area (Å²) in [6.45, 7) is 3.93. The Bertz CT molecular complexity index is 638. The third-order valence-electron chi connectivity index (χ3n) is 2.83. The van der Waals surface area contributed by atoms with Crippen LogP contribution in [0.1, 0.15) is 21.5 Å². The van der Waals surface area contributed by atoms with Gasteiger partial charge in [0.05, 0.1) is 16.9 Å². The van der Waals surface area contributed by atoms with Gasteiger partial charge in [0.25, 0.3) is 5.91 Å². The van der Waals surface area contributed by atoms with E-state index in [1.807, 2.05) is 38.1 Å². The smallest absolute Gasteiger partial charge is 0.256 e. The molecule has 3 nitrogen and oxygen atoms in total. The molecule has 0 aliphatic heterocycles. The standard InChI is InChI=1S/C15H15BrN2O/c1-9-3-5-11(12(16)7-9)15(19)18-14-8-10(2)4-6-13(14)17/h3-8H,17H2,1-2H3,(H,18,19). The van der Waals surface area contributed by atoms with Gasteiger partial charge in [0.1, 0.15) is 0 Å². The number of nitrogens with two attached hydrogens (primary N) is 1. The number of carbonyl (C=O) groups excluding carboxylic acids is 1. The lowest BCUT2D eigenvalue weighted by molar-refractivity contribution is 0.102. The predicted molar refractivity (Wildman–Crippen MR) is 82.4 cm³/mol. The summed E-state index contributed by atoms with van der Waals surface area (Å²) < 4.78 is 0.774. The first-order chi connectivity index (χ1) is 8.97. The van der Waals surface area contributed by atoms with Crippen LogP contribution in [0.4, 0.5) is 11.4 Å². The van der Waals surface area contributed by atoms with Crippen LogP contribution in [0, 0.1) is 13.8 Å². The maximum atomic E-state index is 12.2. The molecule has 19 heavy (non-hydrogen) atoms. The zero-order valence-corrected chi connectivity index (χ0v) is 12.4. The largest absolute Gasteiger partial charge is 0.397 e. The minimum Gasteiger partial charge on any atom is -0.397 e. The Kier molecular flexibility index (Phi) is 3.90. The van der Waals surface area contributed by atoms with Gasteiger partial charge in [0.15, 0.2) is 0 Å². The number of hydrogen-bond acceptors (Lipinski definition) is 2. The van der Waals surface area contributed by atoms with Crippen LogP contribution >= 0.6 is 15.9 Å². The summed E-state index contributed by atoms with van der Waals surface area (Å²) in [6, 6.07) is 11.2. The molecule has 98 valence electrons. The summed E-state index contributed by atoms with van der Waals surface area (Å²) in [7, 11) is 0. The van der Waals surface area contributed by atoms with Gasteiger partial charge < -0.3 is 11.1 Å². The molecule has 0 unspecified atom stereocenters. The van der Waals surface area contributed by atoms with Crippen molar-refractivity contribution in [3.8, 4) is 0 Å². The summed E-state index contributed by atoms with van der Waals surface area (Å²) in [5, 5.41) is 2.83. The molecule has 0 bridgehead atoms. The van der Waals surface area contributed by atoms with Crippen molar-refractivity contribution in [1.29, 1.82) is 0 Å². The molecule has 0 aliphatic rings. The van der Waals surface area contributed by atoms with Crippen molar-refractivity contribution < 1.29 is 4.79 Å². The Labute approximate surface area is 121 Å². The fraction of sp³-hybridized carbons (Fsp3) is 0.133. The highest BCUT2D eigenvalue weighted by atomic mass is 79.9. The topological polar surface area (TPSA) is 55.1 Å². The number of nitrogen functional groups attached to an aromatic ring is 1. The molecule has 0 fully saturated rings. The minimum absolute atomic E-state index is 0.177. The second kappa shape index (κ2) is 5.45. The number of hydrogen-bond donors (Lipinski definition) is 2. The molecule has 2 aromatic rings. The first-order valence-electron chi connectivity index (χ1n) is 5.91. The SMILES string of the molecule is Cc1ccc(C(=O)Nc2cc(C)ccc2N)c(Br)c1. The predicted octanol–water partition coefficient (Wildman–Crippen LogP) is 3.90. The minimum atomic E-state index is -0.177. The summed E-state index contributed by atoms with van der Waals surface area (Å²) in [5.74, 6) is -0.177. The van der Waals surface area contributed by atoms with Gasteiger partial charge in [-0.3, -0.25) is 4.79 Å². The molecular weight excluding hydrogens is 304 g/mol. The molecular formula is C15H15BrN2O. The molecule has 0 saturated carbocycles. The molecule has 3 N–H and O–H groups in total. The molecule has 4 heteroatoms. The fourth-order valence-corrected chi connectivity index (χ4v) is 2.45. The molecule has 0 aromatic heterocycles. The third-order valence-corrected chi connectivity index (χ3v) is 3.48. The molecule has 2 aromatic carbocycles. The van der Waals surface area contributed by atoms with E-state index in [2.05, 4.69) is 21.2 Å². The maximum absolute atomic E-state index is 12.2. The summed E-state index contributed by atoms with van der Waals surface area (Å²) >= 11 is 3.40. The van der Waals surface area contributed by atoms with Gasteiger partial charge in [-0.25, -0.2) is 0 Å². The first kappa shape index (κ1) is 13.6. The van der Waals surface area contributed by atoms with Crippen LogP contribution in [0.5, 0.6) is 0 Å². The number of nitrogens with one attached hydrogen (secondary N) is 1. The van der Waals surface area contributed by atoms with Crippen LogP contribution in [0.2, 0.25) is 0 Å². The van der Waals surface area contributed by atoms with Gasteiger partial charge in [0, 0.05) is 4.47 Å². The second-order valence-corrected chi connectivity index (χ2v) is 5.38. The average molecular weight is 319 g/mol. The van der Waals surface area contributed by atoms with Crippen LogP contribution in [-0.2, 0) is 0 Å². The van der Waals surface area contributed by atoms with E-state index in [0.29, 0.717) is 16.9 Å². The Morgan fingerprint density at radius 1 is 1.11 bits per heavy atom. The van der Waals surface area contributed by atoms with Crippen LogP contribution in [-0.4, -0.2) is 5.91 Å². The van der Waals surface area contributed by atoms with Gasteiger partial charge >= 0.3 is 0 Å². The lowest BCUT2D eigenvalue weighted by Crippen LogP contribution is -2.14. The normalized spacial score (nSPS) is 10.3. The van der Waals surface area contributed by atoms with Crippen LogP contribution in [0.15, 0.2) is 40.9 Å². The molecule has 1 amide bonds. The lowest BCUT2D eigenvalue weighted by atomic mass is 10.1. The molecule has 0 saturated heterocycles. The highest BCUT2D eigenvalue weighted by Gasteiger charge is 2.11. The number of amides is 1. The van der Waals surface area contributed by atoms with E-state index in [-0.39, 0.29) is 5.91 Å². The zero-order valence-electron chi connectivity index (χ0n) is 10.8. The van der Waals surface area contributed by atoms with Crippen molar-refractivity contribution in [1.82, 2.24) is 0 Å². The summed E-state index contributed by atoms with van der Waals surface area (Å²) in [4.78, 5) is 12.2. The quantitative estimate of drug-likeness (QED) is 0.825. The molecule has 2 rings (SSSR count). The van der Waals surface area contributed by atoms with E-state index in [1.165, 1.54) is 0 Å². The van der Waals surface area contributed by atoms with E-state index in [1.54, 1.807) is 12.1 Å². The Hall–Kier alpha value is -1.81. The number of anilines is 2. The van der Waals surface area contributed by atoms with E-state index >= 15 is 0 Å². The number of rotatable bonds is 2. The van der Waals surface area contributed by atoms with Crippen LogP contribution in [0.25, 0.3) is 0 Å². The highest BCUT2D eigenvalue weighted by Crippen LogP contribution is 2.23. The molecule has 0 atom stereocenters. The molecule has 0 aliphatic carbocycles. The van der Waals surface area contributed by atoms with Crippen molar-refractivity contribution in [2.24, 2.45) is 0 Å². The Morgan fingerprint density at radius 3 is 2.42 bits per heavy atom. The van der Waals surface area contributed by atoms with Crippen molar-refractivity contribution in [3.63, 3.8) is 0 Å². The lowest BCUT2D eigenvalue weighted by Gasteiger charge is -2.10. The maximum Gasteiger partial charge on any atom is 0.256 e. The fourth-order valence-electron chi connectivity index (χ4n) is 1.77. The number of benzene rings is 2. The van der Waals surface area contributed by atoms with E-state index in [0.717, 1.165) is 15.6 Å². The number of carbonyl (C=O) groups is 1. The van der Waals surface area contributed by atoms with Gasteiger partial charge in [0.2, 0.25) is 0 Å². The van der Waals surface area contributed by atoms with E-state index in [9.17, 15) is 4.79 Å². The van der Waals surface area contributed by atoms with Crippen LogP contribution < -0.4 is 11.1 Å².